The molecule has 0 aliphatic heterocycles. The number of carbonyl (C=O) groups is 2. The topological polar surface area (TPSA) is 102 Å². The van der Waals surface area contributed by atoms with Gasteiger partial charge in [-0.2, -0.15) is 0 Å². The number of benzene rings is 1. The smallest absolute Gasteiger partial charge is 0.305 e. The summed E-state index contributed by atoms with van der Waals surface area (Å²) in [7, 11) is -2.84. The third kappa shape index (κ3) is 6.79. The van der Waals surface area contributed by atoms with Crippen LogP contribution < -0.4 is 10.0 Å². The van der Waals surface area contributed by atoms with E-state index in [0.29, 0.717) is 6.42 Å². The Morgan fingerprint density at radius 2 is 1.88 bits per heavy atom. The molecule has 2 N–H and O–H groups in total. The maximum atomic E-state index is 13.9. The van der Waals surface area contributed by atoms with E-state index in [4.69, 9.17) is 0 Å². The van der Waals surface area contributed by atoms with Crippen molar-refractivity contribution in [3.63, 3.8) is 0 Å². The fourth-order valence-corrected chi connectivity index (χ4v) is 3.47. The zero-order valence-corrected chi connectivity index (χ0v) is 15.5. The van der Waals surface area contributed by atoms with Gasteiger partial charge in [0.15, 0.2) is 0 Å². The van der Waals surface area contributed by atoms with Crippen molar-refractivity contribution < 1.29 is 27.1 Å². The highest BCUT2D eigenvalue weighted by molar-refractivity contribution is 7.89. The van der Waals surface area contributed by atoms with E-state index in [1.165, 1.54) is 13.2 Å². The molecule has 0 aromatic heterocycles. The van der Waals surface area contributed by atoms with E-state index < -0.39 is 38.2 Å². The molecule has 25 heavy (non-hydrogen) atoms. The first-order valence-corrected chi connectivity index (χ1v) is 9.13. The molecule has 0 bridgehead atoms. The molecular formula is C16H23FN2O5S. The highest BCUT2D eigenvalue weighted by atomic mass is 32.2. The van der Waals surface area contributed by atoms with E-state index in [9.17, 15) is 22.4 Å². The second-order valence-electron chi connectivity index (χ2n) is 6.44. The molecule has 140 valence electrons. The number of rotatable bonds is 7. The minimum absolute atomic E-state index is 0.00810. The number of esters is 1. The van der Waals surface area contributed by atoms with Gasteiger partial charge < -0.3 is 10.1 Å². The Morgan fingerprint density at radius 3 is 2.44 bits per heavy atom. The number of hydrogen-bond donors (Lipinski definition) is 2. The van der Waals surface area contributed by atoms with Gasteiger partial charge in [0, 0.05) is 24.1 Å². The lowest BCUT2D eigenvalue weighted by atomic mass is 10.1. The second kappa shape index (κ2) is 8.39. The fourth-order valence-electron chi connectivity index (χ4n) is 1.95. The van der Waals surface area contributed by atoms with Gasteiger partial charge >= 0.3 is 5.97 Å². The summed E-state index contributed by atoms with van der Waals surface area (Å²) in [5, 5.41) is 2.54. The Balaban J connectivity index is 2.87. The average Bonchev–Trinajstić information content (AvgIpc) is 2.48. The Kier molecular flexibility index (Phi) is 7.06. The summed E-state index contributed by atoms with van der Waals surface area (Å²) < 4.78 is 45.3. The van der Waals surface area contributed by atoms with E-state index in [-0.39, 0.29) is 18.5 Å². The lowest BCUT2D eigenvalue weighted by Gasteiger charge is -2.20. The van der Waals surface area contributed by atoms with Crippen molar-refractivity contribution in [2.45, 2.75) is 44.0 Å². The zero-order valence-electron chi connectivity index (χ0n) is 14.7. The standard InChI is InChI=1S/C16H23FN2O5S/c1-16(2,3)19-25(22,23)13-10-11(7-8-12(13)17)15(21)18-9-5-6-14(20)24-4/h7-8,10,19H,5-6,9H2,1-4H3,(H,18,21). The maximum Gasteiger partial charge on any atom is 0.305 e. The number of amides is 1. The monoisotopic (exact) mass is 374 g/mol. The van der Waals surface area contributed by atoms with Gasteiger partial charge in [-0.3, -0.25) is 9.59 Å². The van der Waals surface area contributed by atoms with Crippen molar-refractivity contribution >= 4 is 21.9 Å². The number of halogens is 1. The van der Waals surface area contributed by atoms with Gasteiger partial charge in [0.2, 0.25) is 10.0 Å². The summed E-state index contributed by atoms with van der Waals surface area (Å²) in [5.41, 5.74) is -0.786. The summed E-state index contributed by atoms with van der Waals surface area (Å²) in [4.78, 5) is 22.5. The van der Waals surface area contributed by atoms with Crippen molar-refractivity contribution in [1.29, 1.82) is 0 Å². The van der Waals surface area contributed by atoms with Gasteiger partial charge in [0.05, 0.1) is 7.11 Å². The molecular weight excluding hydrogens is 351 g/mol. The predicted octanol–water partition coefficient (Wildman–Crippen LogP) is 1.59. The van der Waals surface area contributed by atoms with Crippen LogP contribution in [-0.2, 0) is 19.6 Å². The zero-order chi connectivity index (χ0) is 19.3. The molecule has 0 atom stereocenters. The average molecular weight is 374 g/mol. The summed E-state index contributed by atoms with van der Waals surface area (Å²) in [6.07, 6.45) is 0.520. The van der Waals surface area contributed by atoms with E-state index in [2.05, 4.69) is 14.8 Å². The van der Waals surface area contributed by atoms with Gasteiger partial charge in [0.1, 0.15) is 10.7 Å². The van der Waals surface area contributed by atoms with E-state index in [1.54, 1.807) is 20.8 Å². The summed E-state index contributed by atoms with van der Waals surface area (Å²) >= 11 is 0. The molecule has 1 amide bonds. The van der Waals surface area contributed by atoms with Crippen molar-refractivity contribution in [3.8, 4) is 0 Å². The number of methoxy groups -OCH3 is 1. The SMILES string of the molecule is COC(=O)CCCNC(=O)c1ccc(F)c(S(=O)(=O)NC(C)(C)C)c1. The van der Waals surface area contributed by atoms with Crippen LogP contribution in [0.4, 0.5) is 4.39 Å². The number of hydrogen-bond acceptors (Lipinski definition) is 5. The third-order valence-corrected chi connectivity index (χ3v) is 4.77. The van der Waals surface area contributed by atoms with Crippen LogP contribution >= 0.6 is 0 Å². The molecule has 9 heteroatoms. The molecule has 1 aromatic carbocycles. The Labute approximate surface area is 147 Å². The number of nitrogens with one attached hydrogen (secondary N) is 2. The second-order valence-corrected chi connectivity index (χ2v) is 8.09. The normalized spacial score (nSPS) is 11.9. The lowest BCUT2D eigenvalue weighted by molar-refractivity contribution is -0.140. The number of carbonyl (C=O) groups excluding carboxylic acids is 2. The first kappa shape index (κ1) is 21.0. The first-order chi connectivity index (χ1) is 11.5. The fraction of sp³-hybridized carbons (Fsp3) is 0.500. The largest absolute Gasteiger partial charge is 0.469 e. The number of ether oxygens (including phenoxy) is 1. The van der Waals surface area contributed by atoms with Crippen molar-refractivity contribution in [1.82, 2.24) is 10.0 Å². The molecule has 0 spiro atoms. The van der Waals surface area contributed by atoms with Crippen LogP contribution in [-0.4, -0.2) is 39.5 Å². The molecule has 1 aromatic rings. The highest BCUT2D eigenvalue weighted by Crippen LogP contribution is 2.18. The quantitative estimate of drug-likeness (QED) is 0.557. The lowest BCUT2D eigenvalue weighted by Crippen LogP contribution is -2.40. The van der Waals surface area contributed by atoms with Crippen molar-refractivity contribution in [3.05, 3.63) is 29.6 Å². The van der Waals surface area contributed by atoms with Gasteiger partial charge in [0.25, 0.3) is 5.91 Å². The van der Waals surface area contributed by atoms with Crippen LogP contribution in [0, 0.1) is 5.82 Å². The Bertz CT molecular complexity index is 741. The van der Waals surface area contributed by atoms with Gasteiger partial charge in [-0.15, -0.1) is 0 Å². The molecule has 0 heterocycles. The van der Waals surface area contributed by atoms with E-state index >= 15 is 0 Å². The van der Waals surface area contributed by atoms with Crippen LogP contribution in [0.25, 0.3) is 0 Å². The van der Waals surface area contributed by atoms with Gasteiger partial charge in [-0.25, -0.2) is 17.5 Å². The molecule has 1 rings (SSSR count). The summed E-state index contributed by atoms with van der Waals surface area (Å²) in [5.74, 6) is -1.89. The van der Waals surface area contributed by atoms with E-state index in [0.717, 1.165) is 12.1 Å². The third-order valence-electron chi connectivity index (χ3n) is 2.99. The molecule has 0 radical (unpaired) electrons. The highest BCUT2D eigenvalue weighted by Gasteiger charge is 2.26. The molecule has 0 aliphatic carbocycles. The predicted molar refractivity (Wildman–Crippen MR) is 90.1 cm³/mol. The van der Waals surface area contributed by atoms with Crippen LogP contribution in [0.3, 0.4) is 0 Å². The minimum Gasteiger partial charge on any atom is -0.469 e. The van der Waals surface area contributed by atoms with Crippen LogP contribution in [0.5, 0.6) is 0 Å². The van der Waals surface area contributed by atoms with Crippen molar-refractivity contribution in [2.75, 3.05) is 13.7 Å². The van der Waals surface area contributed by atoms with Gasteiger partial charge in [-0.1, -0.05) is 0 Å². The van der Waals surface area contributed by atoms with Gasteiger partial charge in [-0.05, 0) is 45.4 Å². The minimum atomic E-state index is -4.11. The van der Waals surface area contributed by atoms with Crippen LogP contribution in [0.2, 0.25) is 0 Å². The Hall–Kier alpha value is -2.00. The van der Waals surface area contributed by atoms with Crippen LogP contribution in [0.1, 0.15) is 44.0 Å². The summed E-state index contributed by atoms with van der Waals surface area (Å²) in [6.45, 7) is 5.08. The maximum absolute atomic E-state index is 13.9. The number of sulfonamides is 1. The first-order valence-electron chi connectivity index (χ1n) is 7.65. The summed E-state index contributed by atoms with van der Waals surface area (Å²) in [6, 6.07) is 3.11. The van der Waals surface area contributed by atoms with Crippen LogP contribution in [0.15, 0.2) is 23.1 Å². The molecule has 0 fully saturated rings. The molecule has 0 saturated heterocycles. The molecule has 0 aliphatic rings. The molecule has 0 saturated carbocycles. The molecule has 0 unspecified atom stereocenters. The van der Waals surface area contributed by atoms with E-state index in [1.807, 2.05) is 0 Å². The molecule has 7 nitrogen and oxygen atoms in total. The van der Waals surface area contributed by atoms with Crippen molar-refractivity contribution in [2.24, 2.45) is 0 Å². The Morgan fingerprint density at radius 1 is 1.24 bits per heavy atom.